The Morgan fingerprint density at radius 2 is 1.74 bits per heavy atom. The van der Waals surface area contributed by atoms with Gasteiger partial charge in [0.1, 0.15) is 11.6 Å². The number of nitrogens with zero attached hydrogens (tertiary/aromatic N) is 4. The third-order valence-electron chi connectivity index (χ3n) is 4.94. The van der Waals surface area contributed by atoms with E-state index in [1.54, 1.807) is 31.4 Å². The van der Waals surface area contributed by atoms with Gasteiger partial charge in [-0.1, -0.05) is 54.2 Å². The molecule has 0 fully saturated rings. The fourth-order valence-electron chi connectivity index (χ4n) is 3.33. The van der Waals surface area contributed by atoms with Crippen LogP contribution in [0.3, 0.4) is 0 Å². The van der Waals surface area contributed by atoms with Crippen molar-refractivity contribution in [3.05, 3.63) is 100 Å². The Labute approximate surface area is 199 Å². The van der Waals surface area contributed by atoms with Crippen LogP contribution in [-0.4, -0.2) is 38.5 Å². The summed E-state index contributed by atoms with van der Waals surface area (Å²) in [7, 11) is 1.55. The van der Waals surface area contributed by atoms with Crippen molar-refractivity contribution >= 4 is 29.0 Å². The maximum atomic E-state index is 12.6. The summed E-state index contributed by atoms with van der Waals surface area (Å²) in [6, 6.07) is 23.1. The highest BCUT2D eigenvalue weighted by molar-refractivity contribution is 7.99. The average Bonchev–Trinajstić information content (AvgIpc) is 3.26. The van der Waals surface area contributed by atoms with Crippen molar-refractivity contribution in [2.24, 2.45) is 0 Å². The normalized spacial score (nSPS) is 10.6. The minimum Gasteiger partial charge on any atom is -0.495 e. The number of para-hydroxylation sites is 3. The third-order valence-corrected chi connectivity index (χ3v) is 5.87. The molecule has 10 heteroatoms. The minimum atomic E-state index is -0.429. The fourth-order valence-corrected chi connectivity index (χ4v) is 4.10. The Bertz CT molecular complexity index is 1290. The Hall–Kier alpha value is -4.18. The quantitative estimate of drug-likeness (QED) is 0.215. The predicted molar refractivity (Wildman–Crippen MR) is 130 cm³/mol. The van der Waals surface area contributed by atoms with E-state index in [0.717, 1.165) is 11.3 Å². The number of hydrogen-bond acceptors (Lipinski definition) is 7. The molecule has 3 aromatic carbocycles. The zero-order chi connectivity index (χ0) is 23.9. The Morgan fingerprint density at radius 1 is 1.03 bits per heavy atom. The van der Waals surface area contributed by atoms with E-state index in [9.17, 15) is 14.9 Å². The Balaban J connectivity index is 1.53. The molecule has 0 atom stereocenters. The molecule has 4 rings (SSSR count). The standard InChI is InChI=1S/C24H21N5O4S/c1-33-21-10-6-5-9-20(21)25-23(30)16-34-24-27-26-22(28(24)18-7-3-2-4-8-18)15-17-11-13-19(14-12-17)29(31)32/h2-14H,15-16H2,1H3,(H,25,30). The Morgan fingerprint density at radius 3 is 2.44 bits per heavy atom. The van der Waals surface area contributed by atoms with E-state index in [0.29, 0.717) is 28.8 Å². The molecule has 1 aromatic heterocycles. The molecule has 0 saturated heterocycles. The first kappa shape index (κ1) is 23.0. The number of amides is 1. The molecular formula is C24H21N5O4S. The zero-order valence-electron chi connectivity index (χ0n) is 18.2. The number of benzene rings is 3. The summed E-state index contributed by atoms with van der Waals surface area (Å²) < 4.78 is 7.17. The molecule has 172 valence electrons. The van der Waals surface area contributed by atoms with Crippen molar-refractivity contribution < 1.29 is 14.5 Å². The van der Waals surface area contributed by atoms with Gasteiger partial charge in [-0.2, -0.15) is 0 Å². The molecule has 0 aliphatic carbocycles. The van der Waals surface area contributed by atoms with Crippen LogP contribution in [0.5, 0.6) is 5.75 Å². The number of anilines is 1. The molecule has 0 unspecified atom stereocenters. The summed E-state index contributed by atoms with van der Waals surface area (Å²) in [6.07, 6.45) is 0.424. The number of nitro groups is 1. The summed E-state index contributed by atoms with van der Waals surface area (Å²) >= 11 is 1.27. The lowest BCUT2D eigenvalue weighted by Gasteiger charge is -2.11. The van der Waals surface area contributed by atoms with Gasteiger partial charge in [-0.05, 0) is 29.8 Å². The number of carbonyl (C=O) groups is 1. The first-order valence-corrected chi connectivity index (χ1v) is 11.3. The van der Waals surface area contributed by atoms with Gasteiger partial charge in [0.2, 0.25) is 5.91 Å². The van der Waals surface area contributed by atoms with Gasteiger partial charge in [0.25, 0.3) is 5.69 Å². The third kappa shape index (κ3) is 5.41. The minimum absolute atomic E-state index is 0.0329. The molecule has 1 heterocycles. The van der Waals surface area contributed by atoms with E-state index in [4.69, 9.17) is 4.74 Å². The van der Waals surface area contributed by atoms with Gasteiger partial charge >= 0.3 is 0 Å². The van der Waals surface area contributed by atoms with Gasteiger partial charge < -0.3 is 10.1 Å². The number of thioether (sulfide) groups is 1. The van der Waals surface area contributed by atoms with E-state index in [1.165, 1.54) is 23.9 Å². The summed E-state index contributed by atoms with van der Waals surface area (Å²) in [5.41, 5.74) is 2.35. The maximum Gasteiger partial charge on any atom is 0.269 e. The average molecular weight is 476 g/mol. The smallest absolute Gasteiger partial charge is 0.269 e. The van der Waals surface area contributed by atoms with E-state index < -0.39 is 4.92 Å². The molecule has 1 N–H and O–H groups in total. The Kier molecular flexibility index (Phi) is 7.19. The van der Waals surface area contributed by atoms with Gasteiger partial charge in [-0.3, -0.25) is 19.5 Å². The van der Waals surface area contributed by atoms with Gasteiger partial charge in [0, 0.05) is 24.2 Å². The second kappa shape index (κ2) is 10.6. The van der Waals surface area contributed by atoms with Gasteiger partial charge in [-0.15, -0.1) is 10.2 Å². The molecule has 1 amide bonds. The molecular weight excluding hydrogens is 454 g/mol. The molecule has 0 bridgehead atoms. The first-order chi connectivity index (χ1) is 16.5. The van der Waals surface area contributed by atoms with Crippen LogP contribution in [0.4, 0.5) is 11.4 Å². The van der Waals surface area contributed by atoms with Crippen LogP contribution in [0.15, 0.2) is 84.0 Å². The van der Waals surface area contributed by atoms with Crippen molar-refractivity contribution in [3.63, 3.8) is 0 Å². The first-order valence-electron chi connectivity index (χ1n) is 10.3. The van der Waals surface area contributed by atoms with E-state index in [-0.39, 0.29) is 17.3 Å². The van der Waals surface area contributed by atoms with Crippen LogP contribution in [-0.2, 0) is 11.2 Å². The highest BCUT2D eigenvalue weighted by Gasteiger charge is 2.17. The molecule has 0 saturated carbocycles. The van der Waals surface area contributed by atoms with Gasteiger partial charge in [0.15, 0.2) is 5.16 Å². The topological polar surface area (TPSA) is 112 Å². The van der Waals surface area contributed by atoms with Crippen LogP contribution < -0.4 is 10.1 Å². The number of nitro benzene ring substituents is 1. The molecule has 4 aromatic rings. The maximum absolute atomic E-state index is 12.6. The fraction of sp³-hybridized carbons (Fsp3) is 0.125. The van der Waals surface area contributed by atoms with Crippen molar-refractivity contribution in [3.8, 4) is 11.4 Å². The number of hydrogen-bond donors (Lipinski definition) is 1. The van der Waals surface area contributed by atoms with E-state index in [2.05, 4.69) is 15.5 Å². The van der Waals surface area contributed by atoms with Crippen LogP contribution in [0, 0.1) is 10.1 Å². The highest BCUT2D eigenvalue weighted by Crippen LogP contribution is 2.26. The number of aromatic nitrogens is 3. The molecule has 0 radical (unpaired) electrons. The molecule has 9 nitrogen and oxygen atoms in total. The van der Waals surface area contributed by atoms with Crippen LogP contribution >= 0.6 is 11.8 Å². The lowest BCUT2D eigenvalue weighted by atomic mass is 10.1. The van der Waals surface area contributed by atoms with E-state index >= 15 is 0 Å². The SMILES string of the molecule is COc1ccccc1NC(=O)CSc1nnc(Cc2ccc([N+](=O)[O-])cc2)n1-c1ccccc1. The number of methoxy groups -OCH3 is 1. The second-order valence-electron chi connectivity index (χ2n) is 7.21. The number of carbonyl (C=O) groups excluding carboxylic acids is 1. The second-order valence-corrected chi connectivity index (χ2v) is 8.15. The molecule has 0 spiro atoms. The van der Waals surface area contributed by atoms with Crippen molar-refractivity contribution in [2.75, 3.05) is 18.2 Å². The summed E-state index contributed by atoms with van der Waals surface area (Å²) in [5, 5.41) is 23.0. The molecule has 0 aliphatic rings. The van der Waals surface area contributed by atoms with Crippen LogP contribution in [0.1, 0.15) is 11.4 Å². The number of nitrogens with one attached hydrogen (secondary N) is 1. The molecule has 0 aliphatic heterocycles. The van der Waals surface area contributed by atoms with Gasteiger partial charge in [-0.25, -0.2) is 0 Å². The van der Waals surface area contributed by atoms with Crippen LogP contribution in [0.2, 0.25) is 0 Å². The van der Waals surface area contributed by atoms with Crippen molar-refractivity contribution in [2.45, 2.75) is 11.6 Å². The summed E-state index contributed by atoms with van der Waals surface area (Å²) in [4.78, 5) is 23.1. The van der Waals surface area contributed by atoms with E-state index in [1.807, 2.05) is 47.0 Å². The van der Waals surface area contributed by atoms with Gasteiger partial charge in [0.05, 0.1) is 23.5 Å². The summed E-state index contributed by atoms with van der Waals surface area (Å²) in [6.45, 7) is 0. The van der Waals surface area contributed by atoms with Crippen molar-refractivity contribution in [1.29, 1.82) is 0 Å². The monoisotopic (exact) mass is 475 g/mol. The lowest BCUT2D eigenvalue weighted by molar-refractivity contribution is -0.384. The summed E-state index contributed by atoms with van der Waals surface area (Å²) in [5.74, 6) is 1.17. The predicted octanol–water partition coefficient (Wildman–Crippen LogP) is 4.51. The van der Waals surface area contributed by atoms with Crippen LogP contribution in [0.25, 0.3) is 5.69 Å². The zero-order valence-corrected chi connectivity index (χ0v) is 19.1. The lowest BCUT2D eigenvalue weighted by Crippen LogP contribution is -2.15. The number of rotatable bonds is 9. The largest absolute Gasteiger partial charge is 0.495 e. The highest BCUT2D eigenvalue weighted by atomic mass is 32.2. The number of ether oxygens (including phenoxy) is 1. The molecule has 34 heavy (non-hydrogen) atoms. The van der Waals surface area contributed by atoms with Crippen molar-refractivity contribution in [1.82, 2.24) is 14.8 Å². The number of non-ortho nitro benzene ring substituents is 1.